The van der Waals surface area contributed by atoms with Crippen molar-refractivity contribution in [3.8, 4) is 5.75 Å². The van der Waals surface area contributed by atoms with Gasteiger partial charge in [-0.05, 0) is 44.9 Å². The van der Waals surface area contributed by atoms with Gasteiger partial charge in [0, 0.05) is 12.4 Å². The van der Waals surface area contributed by atoms with Crippen LogP contribution >= 0.6 is 23.1 Å². The fraction of sp³-hybridized carbons (Fsp3) is 0.368. The van der Waals surface area contributed by atoms with E-state index in [1.54, 1.807) is 0 Å². The van der Waals surface area contributed by atoms with Crippen LogP contribution in [0.2, 0.25) is 0 Å². The lowest BCUT2D eigenvalue weighted by molar-refractivity contribution is -0.115. The Labute approximate surface area is 172 Å². The number of aryl methyl sites for hydroxylation is 3. The van der Waals surface area contributed by atoms with Crippen molar-refractivity contribution in [2.75, 3.05) is 5.32 Å². The summed E-state index contributed by atoms with van der Waals surface area (Å²) in [4.78, 5) is 16.6. The smallest absolute Gasteiger partial charge is 0.239 e. The summed E-state index contributed by atoms with van der Waals surface area (Å²) < 4.78 is 7.77. The van der Waals surface area contributed by atoms with Gasteiger partial charge in [-0.3, -0.25) is 4.79 Å². The molecular weight excluding hydrogens is 394 g/mol. The summed E-state index contributed by atoms with van der Waals surface area (Å²) in [7, 11) is 1.87. The van der Waals surface area contributed by atoms with Crippen LogP contribution in [0.1, 0.15) is 29.6 Å². The van der Waals surface area contributed by atoms with Crippen LogP contribution in [0.5, 0.6) is 5.75 Å². The highest BCUT2D eigenvalue weighted by atomic mass is 32.2. The lowest BCUT2D eigenvalue weighted by Crippen LogP contribution is -2.22. The van der Waals surface area contributed by atoms with Crippen LogP contribution < -0.4 is 10.1 Å². The van der Waals surface area contributed by atoms with E-state index >= 15 is 0 Å². The Kier molecular flexibility index (Phi) is 6.35. The van der Waals surface area contributed by atoms with Gasteiger partial charge in [-0.1, -0.05) is 23.9 Å². The highest BCUT2D eigenvalue weighted by Gasteiger charge is 2.20. The van der Waals surface area contributed by atoms with E-state index in [1.807, 2.05) is 56.8 Å². The number of thioether (sulfide) groups is 1. The van der Waals surface area contributed by atoms with Gasteiger partial charge in [-0.25, -0.2) is 4.98 Å². The molecule has 3 aromatic rings. The zero-order valence-electron chi connectivity index (χ0n) is 16.5. The van der Waals surface area contributed by atoms with Crippen LogP contribution in [0.4, 0.5) is 5.13 Å². The number of amides is 1. The van der Waals surface area contributed by atoms with E-state index in [1.165, 1.54) is 23.1 Å². The second-order valence-corrected chi connectivity index (χ2v) is 8.72. The third-order valence-electron chi connectivity index (χ3n) is 4.13. The number of nitrogens with one attached hydrogen (secondary N) is 1. The van der Waals surface area contributed by atoms with Crippen molar-refractivity contribution in [2.45, 2.75) is 44.7 Å². The molecule has 9 heteroatoms. The number of benzene rings is 1. The molecule has 0 saturated heterocycles. The predicted octanol–water partition coefficient (Wildman–Crippen LogP) is 3.90. The molecule has 0 fully saturated rings. The van der Waals surface area contributed by atoms with Crippen LogP contribution in [0.15, 0.2) is 28.7 Å². The molecule has 28 heavy (non-hydrogen) atoms. The van der Waals surface area contributed by atoms with Crippen LogP contribution in [-0.2, 0) is 18.4 Å². The highest BCUT2D eigenvalue weighted by Crippen LogP contribution is 2.25. The standard InChI is InChI=1S/C19H23N5O2S2/c1-11-6-7-12(2)15(8-11)26-9-16-22-23-19(24(16)5)28-14(4)17(25)21-18-20-13(3)10-27-18/h6-8,10,14H,9H2,1-5H3,(H,20,21,25)/t14-/m0/s1. The minimum atomic E-state index is -0.333. The van der Waals surface area contributed by atoms with Crippen LogP contribution in [-0.4, -0.2) is 30.9 Å². The largest absolute Gasteiger partial charge is 0.485 e. The van der Waals surface area contributed by atoms with Gasteiger partial charge in [0.05, 0.1) is 10.9 Å². The molecule has 1 atom stereocenters. The van der Waals surface area contributed by atoms with Crippen LogP contribution in [0.25, 0.3) is 0 Å². The molecular formula is C19H23N5O2S2. The Hall–Kier alpha value is -2.39. The summed E-state index contributed by atoms with van der Waals surface area (Å²) in [6, 6.07) is 6.10. The molecule has 0 aliphatic rings. The molecule has 0 radical (unpaired) electrons. The molecule has 0 bridgehead atoms. The molecule has 2 heterocycles. The van der Waals surface area contributed by atoms with Gasteiger partial charge in [0.2, 0.25) is 5.91 Å². The Morgan fingerprint density at radius 3 is 2.82 bits per heavy atom. The molecule has 7 nitrogen and oxygen atoms in total. The number of anilines is 1. The maximum Gasteiger partial charge on any atom is 0.239 e. The molecule has 0 unspecified atom stereocenters. The zero-order valence-corrected chi connectivity index (χ0v) is 18.1. The number of hydrogen-bond acceptors (Lipinski definition) is 7. The lowest BCUT2D eigenvalue weighted by atomic mass is 10.1. The van der Waals surface area contributed by atoms with Crippen molar-refractivity contribution in [3.63, 3.8) is 0 Å². The Morgan fingerprint density at radius 1 is 1.32 bits per heavy atom. The van der Waals surface area contributed by atoms with Gasteiger partial charge in [-0.2, -0.15) is 0 Å². The molecule has 3 rings (SSSR count). The number of thiazole rings is 1. The van der Waals surface area contributed by atoms with Crippen molar-refractivity contribution in [2.24, 2.45) is 7.05 Å². The maximum atomic E-state index is 12.4. The lowest BCUT2D eigenvalue weighted by Gasteiger charge is -2.11. The van der Waals surface area contributed by atoms with E-state index in [0.29, 0.717) is 22.7 Å². The Morgan fingerprint density at radius 2 is 2.11 bits per heavy atom. The molecule has 2 aromatic heterocycles. The Balaban J connectivity index is 1.60. The average molecular weight is 418 g/mol. The van der Waals surface area contributed by atoms with Crippen molar-refractivity contribution < 1.29 is 9.53 Å². The van der Waals surface area contributed by atoms with Crippen molar-refractivity contribution >= 4 is 34.1 Å². The summed E-state index contributed by atoms with van der Waals surface area (Å²) in [6.45, 7) is 8.08. The van der Waals surface area contributed by atoms with Crippen molar-refractivity contribution in [3.05, 3.63) is 46.2 Å². The Bertz CT molecular complexity index is 983. The average Bonchev–Trinajstić information content (AvgIpc) is 3.21. The van der Waals surface area contributed by atoms with E-state index < -0.39 is 0 Å². The first-order chi connectivity index (χ1) is 13.3. The third-order valence-corrected chi connectivity index (χ3v) is 6.14. The number of carbonyl (C=O) groups is 1. The normalized spacial score (nSPS) is 12.0. The maximum absolute atomic E-state index is 12.4. The number of carbonyl (C=O) groups excluding carboxylic acids is 1. The topological polar surface area (TPSA) is 81.9 Å². The van der Waals surface area contributed by atoms with Gasteiger partial charge in [-0.15, -0.1) is 21.5 Å². The van der Waals surface area contributed by atoms with Crippen LogP contribution in [0, 0.1) is 20.8 Å². The molecule has 0 aliphatic carbocycles. The summed E-state index contributed by atoms with van der Waals surface area (Å²) in [5.74, 6) is 1.42. The monoisotopic (exact) mass is 417 g/mol. The molecule has 148 valence electrons. The van der Waals surface area contributed by atoms with Crippen LogP contribution in [0.3, 0.4) is 0 Å². The SMILES string of the molecule is Cc1ccc(C)c(OCc2nnc(S[C@@H](C)C(=O)Nc3nc(C)cs3)n2C)c1. The second kappa shape index (κ2) is 8.74. The van der Waals surface area contributed by atoms with Gasteiger partial charge in [0.25, 0.3) is 0 Å². The molecule has 0 aliphatic heterocycles. The van der Waals surface area contributed by atoms with Crippen molar-refractivity contribution in [1.29, 1.82) is 0 Å². The first-order valence-electron chi connectivity index (χ1n) is 8.81. The molecule has 1 aromatic carbocycles. The third kappa shape index (κ3) is 4.90. The number of hydrogen-bond donors (Lipinski definition) is 1. The fourth-order valence-electron chi connectivity index (χ4n) is 2.41. The summed E-state index contributed by atoms with van der Waals surface area (Å²) >= 11 is 2.76. The number of ether oxygens (including phenoxy) is 1. The van der Waals surface area contributed by atoms with Gasteiger partial charge >= 0.3 is 0 Å². The van der Waals surface area contributed by atoms with Gasteiger partial charge in [0.1, 0.15) is 12.4 Å². The first-order valence-corrected chi connectivity index (χ1v) is 10.6. The van der Waals surface area contributed by atoms with Gasteiger partial charge < -0.3 is 14.6 Å². The van der Waals surface area contributed by atoms with E-state index in [0.717, 1.165) is 22.6 Å². The molecule has 1 amide bonds. The number of aromatic nitrogens is 4. The molecule has 0 spiro atoms. The highest BCUT2D eigenvalue weighted by molar-refractivity contribution is 8.00. The fourth-order valence-corrected chi connectivity index (χ4v) is 3.93. The second-order valence-electron chi connectivity index (χ2n) is 6.56. The summed E-state index contributed by atoms with van der Waals surface area (Å²) in [5.41, 5.74) is 3.11. The number of rotatable bonds is 7. The van der Waals surface area contributed by atoms with E-state index in [4.69, 9.17) is 4.74 Å². The molecule has 1 N–H and O–H groups in total. The van der Waals surface area contributed by atoms with Gasteiger partial charge in [0.15, 0.2) is 16.1 Å². The summed E-state index contributed by atoms with van der Waals surface area (Å²) in [5, 5.41) is 14.1. The van der Waals surface area contributed by atoms with E-state index in [-0.39, 0.29) is 11.2 Å². The van der Waals surface area contributed by atoms with E-state index in [9.17, 15) is 4.79 Å². The number of nitrogens with zero attached hydrogens (tertiary/aromatic N) is 4. The first kappa shape index (κ1) is 20.3. The molecule has 0 saturated carbocycles. The minimum Gasteiger partial charge on any atom is -0.485 e. The van der Waals surface area contributed by atoms with E-state index in [2.05, 4.69) is 26.6 Å². The predicted molar refractivity (Wildman–Crippen MR) is 112 cm³/mol. The minimum absolute atomic E-state index is 0.115. The quantitative estimate of drug-likeness (QED) is 0.587. The zero-order chi connectivity index (χ0) is 20.3. The van der Waals surface area contributed by atoms with Crippen molar-refractivity contribution in [1.82, 2.24) is 19.7 Å². The summed E-state index contributed by atoms with van der Waals surface area (Å²) in [6.07, 6.45) is 0.